The first kappa shape index (κ1) is 25.3. The summed E-state index contributed by atoms with van der Waals surface area (Å²) in [7, 11) is -1.00. The molecule has 0 aliphatic heterocycles. The zero-order valence-electron chi connectivity index (χ0n) is 20.2. The number of para-hydroxylation sites is 1. The van der Waals surface area contributed by atoms with Crippen molar-refractivity contribution in [3.05, 3.63) is 78.1 Å². The van der Waals surface area contributed by atoms with Gasteiger partial charge in [0.1, 0.15) is 17.6 Å². The molecule has 2 atom stereocenters. The van der Waals surface area contributed by atoms with Gasteiger partial charge in [-0.15, -0.1) is 10.2 Å². The number of benzene rings is 1. The highest BCUT2D eigenvalue weighted by atomic mass is 32.2. The smallest absolute Gasteiger partial charge is 0.170 e. The Labute approximate surface area is 208 Å². The Morgan fingerprint density at radius 3 is 2.44 bits per heavy atom. The first-order chi connectivity index (χ1) is 17.3. The van der Waals surface area contributed by atoms with E-state index in [9.17, 15) is 12.8 Å². The molecule has 188 valence electrons. The molecule has 0 amide bonds. The number of hydrogen-bond acceptors (Lipinski definition) is 9. The second-order valence-corrected chi connectivity index (χ2v) is 10.4. The second kappa shape index (κ2) is 10.5. The summed E-state index contributed by atoms with van der Waals surface area (Å²) in [6, 6.07) is 9.08. The van der Waals surface area contributed by atoms with Gasteiger partial charge in [0, 0.05) is 25.1 Å². The van der Waals surface area contributed by atoms with Gasteiger partial charge in [0.05, 0.1) is 30.4 Å². The maximum absolute atomic E-state index is 13.6. The van der Waals surface area contributed by atoms with Gasteiger partial charge in [-0.05, 0) is 37.6 Å². The van der Waals surface area contributed by atoms with Crippen LogP contribution in [0.2, 0.25) is 0 Å². The van der Waals surface area contributed by atoms with E-state index in [1.54, 1.807) is 29.1 Å². The molecule has 0 bridgehead atoms. The van der Waals surface area contributed by atoms with Gasteiger partial charge in [0.2, 0.25) is 0 Å². The van der Waals surface area contributed by atoms with Crippen LogP contribution < -0.4 is 4.74 Å². The quantitative estimate of drug-likeness (QED) is 0.332. The lowest BCUT2D eigenvalue weighted by atomic mass is 10.1. The zero-order valence-corrected chi connectivity index (χ0v) is 21.0. The van der Waals surface area contributed by atoms with Gasteiger partial charge in [0.15, 0.2) is 33.1 Å². The zero-order chi connectivity index (χ0) is 25.9. The van der Waals surface area contributed by atoms with Crippen LogP contribution in [0.3, 0.4) is 0 Å². The van der Waals surface area contributed by atoms with Crippen molar-refractivity contribution in [2.75, 3.05) is 14.2 Å². The molecule has 0 aliphatic carbocycles. The monoisotopic (exact) mass is 512 g/mol. The van der Waals surface area contributed by atoms with Gasteiger partial charge in [-0.3, -0.25) is 9.55 Å². The lowest BCUT2D eigenvalue weighted by molar-refractivity contribution is 0.0946. The van der Waals surface area contributed by atoms with E-state index in [1.807, 2.05) is 25.1 Å². The van der Waals surface area contributed by atoms with E-state index in [4.69, 9.17) is 9.47 Å². The fourth-order valence-electron chi connectivity index (χ4n) is 3.89. The van der Waals surface area contributed by atoms with Gasteiger partial charge in [-0.2, -0.15) is 0 Å². The summed E-state index contributed by atoms with van der Waals surface area (Å²) in [5.41, 5.74) is 2.11. The minimum absolute atomic E-state index is 0.0630. The fourth-order valence-corrected chi connectivity index (χ4v) is 5.31. The van der Waals surface area contributed by atoms with Crippen LogP contribution in [0, 0.1) is 12.7 Å². The lowest BCUT2D eigenvalue weighted by Gasteiger charge is -2.22. The predicted octanol–water partition coefficient (Wildman–Crippen LogP) is 3.27. The van der Waals surface area contributed by atoms with Crippen LogP contribution in [0.25, 0.3) is 17.1 Å². The Kier molecular flexibility index (Phi) is 7.36. The molecule has 4 aromatic rings. The molecule has 0 spiro atoms. The molecule has 0 radical (unpaired) electrons. The average molecular weight is 513 g/mol. The van der Waals surface area contributed by atoms with Crippen LogP contribution in [0.15, 0.2) is 55.1 Å². The Morgan fingerprint density at radius 2 is 1.81 bits per heavy atom. The second-order valence-electron chi connectivity index (χ2n) is 8.07. The number of methoxy groups -OCH3 is 2. The molecule has 1 aromatic carbocycles. The van der Waals surface area contributed by atoms with Crippen molar-refractivity contribution in [2.45, 2.75) is 31.0 Å². The number of rotatable bonds is 9. The van der Waals surface area contributed by atoms with Crippen molar-refractivity contribution in [3.8, 4) is 22.8 Å². The van der Waals surface area contributed by atoms with Crippen molar-refractivity contribution < 1.29 is 22.3 Å². The third-order valence-corrected chi connectivity index (χ3v) is 7.81. The third kappa shape index (κ3) is 4.95. The Balaban J connectivity index is 1.80. The first-order valence-corrected chi connectivity index (χ1v) is 12.7. The topological polar surface area (TPSA) is 122 Å². The molecule has 0 N–H and O–H groups in total. The fraction of sp³-hybridized carbons (Fsp3) is 0.292. The summed E-state index contributed by atoms with van der Waals surface area (Å²) in [6.07, 6.45) is 4.18. The Hall–Kier alpha value is -3.77. The van der Waals surface area contributed by atoms with Crippen molar-refractivity contribution in [2.24, 2.45) is 0 Å². The predicted molar refractivity (Wildman–Crippen MR) is 130 cm³/mol. The van der Waals surface area contributed by atoms with Gasteiger partial charge in [-0.1, -0.05) is 12.1 Å². The summed E-state index contributed by atoms with van der Waals surface area (Å²) < 4.78 is 53.1. The molecule has 0 saturated carbocycles. The maximum Gasteiger partial charge on any atom is 0.170 e. The van der Waals surface area contributed by atoms with Gasteiger partial charge >= 0.3 is 0 Å². The largest absolute Gasteiger partial charge is 0.495 e. The number of pyridine rings is 1. The van der Waals surface area contributed by atoms with Crippen molar-refractivity contribution in [3.63, 3.8) is 0 Å². The molecular weight excluding hydrogens is 487 g/mol. The van der Waals surface area contributed by atoms with E-state index in [2.05, 4.69) is 25.1 Å². The van der Waals surface area contributed by atoms with Crippen LogP contribution in [-0.4, -0.2) is 57.6 Å². The third-order valence-electron chi connectivity index (χ3n) is 5.77. The number of nitrogens with zero attached hydrogens (tertiary/aromatic N) is 6. The summed E-state index contributed by atoms with van der Waals surface area (Å²) in [5.74, 6) is 0.100. The molecule has 36 heavy (non-hydrogen) atoms. The van der Waals surface area contributed by atoms with Gasteiger partial charge in [-0.25, -0.2) is 22.8 Å². The first-order valence-electron chi connectivity index (χ1n) is 11.0. The van der Waals surface area contributed by atoms with E-state index in [-0.39, 0.29) is 11.6 Å². The van der Waals surface area contributed by atoms with Crippen molar-refractivity contribution in [1.29, 1.82) is 0 Å². The summed E-state index contributed by atoms with van der Waals surface area (Å²) >= 11 is 0. The van der Waals surface area contributed by atoms with Crippen molar-refractivity contribution in [1.82, 2.24) is 29.7 Å². The van der Waals surface area contributed by atoms with E-state index in [1.165, 1.54) is 21.1 Å². The number of aryl methyl sites for hydroxylation is 1. The Bertz CT molecular complexity index is 1450. The molecule has 0 saturated heterocycles. The minimum atomic E-state index is -3.89. The minimum Gasteiger partial charge on any atom is -0.495 e. The number of hydrogen-bond donors (Lipinski definition) is 0. The molecule has 3 aromatic heterocycles. The molecule has 10 nitrogen and oxygen atoms in total. The summed E-state index contributed by atoms with van der Waals surface area (Å²) in [6.45, 7) is 3.38. The number of halogens is 1. The van der Waals surface area contributed by atoms with E-state index < -0.39 is 32.8 Å². The molecule has 0 aliphatic rings. The summed E-state index contributed by atoms with van der Waals surface area (Å²) in [5, 5.41) is 7.49. The normalized spacial score (nSPS) is 13.4. The standard InChI is InChI=1S/C24H25FN6O4S/c1-15-7-5-9-19(34-3)21(15)31-20(29-30-24(31)17-8-6-10-26-11-17)14-36(32,33)16(2)22(35-4)23-27-12-18(25)13-28-23/h5-13,16,22H,14H2,1-4H3/t16-,22-/m0/s1. The summed E-state index contributed by atoms with van der Waals surface area (Å²) in [4.78, 5) is 12.0. The van der Waals surface area contributed by atoms with Crippen LogP contribution in [0.4, 0.5) is 4.39 Å². The van der Waals surface area contributed by atoms with Crippen molar-refractivity contribution >= 4 is 9.84 Å². The van der Waals surface area contributed by atoms with Crippen LogP contribution in [0.5, 0.6) is 5.75 Å². The SMILES string of the molecule is COc1cccc(C)c1-n1c(CS(=O)(=O)[C@@H](C)[C@H](OC)c2ncc(F)cn2)nnc1-c1cccnc1. The van der Waals surface area contributed by atoms with E-state index >= 15 is 0 Å². The molecule has 3 heterocycles. The molecular formula is C24H25FN6O4S. The molecule has 4 rings (SSSR count). The van der Waals surface area contributed by atoms with Crippen LogP contribution >= 0.6 is 0 Å². The highest BCUT2D eigenvalue weighted by molar-refractivity contribution is 7.91. The van der Waals surface area contributed by atoms with Gasteiger partial charge < -0.3 is 9.47 Å². The number of ether oxygens (including phenoxy) is 2. The molecule has 0 fully saturated rings. The van der Waals surface area contributed by atoms with Crippen LogP contribution in [-0.2, 0) is 20.3 Å². The number of aromatic nitrogens is 6. The average Bonchev–Trinajstić information content (AvgIpc) is 3.28. The highest BCUT2D eigenvalue weighted by Gasteiger charge is 2.35. The van der Waals surface area contributed by atoms with E-state index in [0.717, 1.165) is 18.0 Å². The maximum atomic E-state index is 13.6. The lowest BCUT2D eigenvalue weighted by Crippen LogP contribution is -2.30. The molecule has 0 unspecified atom stereocenters. The van der Waals surface area contributed by atoms with Gasteiger partial charge in [0.25, 0.3) is 0 Å². The number of sulfone groups is 1. The van der Waals surface area contributed by atoms with Crippen LogP contribution in [0.1, 0.15) is 30.2 Å². The Morgan fingerprint density at radius 1 is 1.06 bits per heavy atom. The molecule has 12 heteroatoms. The highest BCUT2D eigenvalue weighted by Crippen LogP contribution is 2.33. The van der Waals surface area contributed by atoms with E-state index in [0.29, 0.717) is 22.8 Å².